The topological polar surface area (TPSA) is 114 Å². The summed E-state index contributed by atoms with van der Waals surface area (Å²) in [4.78, 5) is 15.2. The fraction of sp³-hybridized carbons (Fsp3) is 0.455. The van der Waals surface area contributed by atoms with Gasteiger partial charge in [0.25, 0.3) is 0 Å². The Bertz CT molecular complexity index is 604. The molecule has 4 N–H and O–H groups in total. The molecule has 0 bridgehead atoms. The molecule has 1 aromatic rings. The summed E-state index contributed by atoms with van der Waals surface area (Å²) in [6.45, 7) is 3.41. The molecular formula is C11H17BrN4O3S. The van der Waals surface area contributed by atoms with Gasteiger partial charge in [0.1, 0.15) is 16.8 Å². The third-order valence-corrected chi connectivity index (χ3v) is 4.49. The normalized spacial score (nSPS) is 13.2. The summed E-state index contributed by atoms with van der Waals surface area (Å²) in [6.07, 6.45) is 1.47. The lowest BCUT2D eigenvalue weighted by Gasteiger charge is -2.19. The van der Waals surface area contributed by atoms with Gasteiger partial charge in [-0.2, -0.15) is 4.72 Å². The van der Waals surface area contributed by atoms with Crippen LogP contribution >= 0.6 is 15.9 Å². The van der Waals surface area contributed by atoms with E-state index in [1.165, 1.54) is 12.3 Å². The van der Waals surface area contributed by atoms with Gasteiger partial charge in [-0.15, -0.1) is 0 Å². The van der Waals surface area contributed by atoms with Crippen LogP contribution in [0.4, 0.5) is 5.82 Å². The molecule has 0 aromatic carbocycles. The number of carbonyl (C=O) groups excluding carboxylic acids is 1. The molecule has 0 fully saturated rings. The van der Waals surface area contributed by atoms with Gasteiger partial charge >= 0.3 is 0 Å². The number of halogens is 1. The van der Waals surface area contributed by atoms with Gasteiger partial charge in [0, 0.05) is 17.7 Å². The average Bonchev–Trinajstić information content (AvgIpc) is 2.35. The molecular weight excluding hydrogens is 348 g/mol. The molecule has 20 heavy (non-hydrogen) atoms. The number of nitrogens with zero attached hydrogens (tertiary/aromatic N) is 1. The zero-order valence-corrected chi connectivity index (χ0v) is 13.7. The smallest absolute Gasteiger partial charge is 0.245 e. The first kappa shape index (κ1) is 16.9. The zero-order chi connectivity index (χ0) is 15.5. The Morgan fingerprint density at radius 2 is 2.05 bits per heavy atom. The lowest BCUT2D eigenvalue weighted by Crippen LogP contribution is -2.47. The van der Waals surface area contributed by atoms with Crippen molar-refractivity contribution in [3.63, 3.8) is 0 Å². The lowest BCUT2D eigenvalue weighted by molar-refractivity contribution is -0.120. The molecule has 1 heterocycles. The van der Waals surface area contributed by atoms with E-state index in [4.69, 9.17) is 5.73 Å². The predicted octanol–water partition coefficient (Wildman–Crippen LogP) is 0.674. The molecule has 1 aromatic heterocycles. The van der Waals surface area contributed by atoms with Crippen LogP contribution in [0.15, 0.2) is 21.6 Å². The Morgan fingerprint density at radius 1 is 1.45 bits per heavy atom. The van der Waals surface area contributed by atoms with Crippen molar-refractivity contribution in [1.82, 2.24) is 9.71 Å². The van der Waals surface area contributed by atoms with Crippen molar-refractivity contribution in [3.05, 3.63) is 16.7 Å². The van der Waals surface area contributed by atoms with Gasteiger partial charge in [-0.3, -0.25) is 4.79 Å². The molecule has 9 heteroatoms. The first-order chi connectivity index (χ1) is 9.19. The quantitative estimate of drug-likeness (QED) is 0.686. The number of hydrogen-bond acceptors (Lipinski definition) is 5. The van der Waals surface area contributed by atoms with Crippen molar-refractivity contribution >= 4 is 37.7 Å². The first-order valence-corrected chi connectivity index (χ1v) is 8.11. The van der Waals surface area contributed by atoms with Gasteiger partial charge in [0.05, 0.1) is 0 Å². The van der Waals surface area contributed by atoms with E-state index in [1.807, 2.05) is 0 Å². The first-order valence-electron chi connectivity index (χ1n) is 5.84. The highest BCUT2D eigenvalue weighted by atomic mass is 79.9. The van der Waals surface area contributed by atoms with E-state index < -0.39 is 22.0 Å². The zero-order valence-electron chi connectivity index (χ0n) is 11.3. The van der Waals surface area contributed by atoms with E-state index in [1.54, 1.807) is 20.9 Å². The number of carbonyl (C=O) groups is 1. The molecule has 1 atom stereocenters. The van der Waals surface area contributed by atoms with Crippen molar-refractivity contribution in [3.8, 4) is 0 Å². The second kappa shape index (κ2) is 6.51. The molecule has 1 rings (SSSR count). The molecule has 0 radical (unpaired) electrons. The number of hydrogen-bond donors (Lipinski definition) is 3. The Balaban J connectivity index is 3.23. The van der Waals surface area contributed by atoms with Crippen molar-refractivity contribution in [2.45, 2.75) is 24.8 Å². The number of anilines is 1. The maximum absolute atomic E-state index is 12.4. The number of pyridine rings is 1. The molecule has 0 aliphatic carbocycles. The van der Waals surface area contributed by atoms with E-state index in [0.29, 0.717) is 4.47 Å². The number of rotatable bonds is 6. The molecule has 7 nitrogen and oxygen atoms in total. The van der Waals surface area contributed by atoms with Crippen LogP contribution in [0.25, 0.3) is 0 Å². The van der Waals surface area contributed by atoms with E-state index >= 15 is 0 Å². The summed E-state index contributed by atoms with van der Waals surface area (Å²) in [5.41, 5.74) is 5.22. The Morgan fingerprint density at radius 3 is 2.50 bits per heavy atom. The Labute approximate surface area is 126 Å². The van der Waals surface area contributed by atoms with Crippen LogP contribution in [0.2, 0.25) is 0 Å². The fourth-order valence-corrected chi connectivity index (χ4v) is 3.59. The molecule has 0 aliphatic heterocycles. The van der Waals surface area contributed by atoms with Crippen LogP contribution in [0.1, 0.15) is 13.8 Å². The summed E-state index contributed by atoms with van der Waals surface area (Å²) < 4.78 is 27.5. The van der Waals surface area contributed by atoms with Crippen LogP contribution in [-0.2, 0) is 14.8 Å². The predicted molar refractivity (Wildman–Crippen MR) is 79.6 cm³/mol. The third kappa shape index (κ3) is 3.90. The second-order valence-electron chi connectivity index (χ2n) is 4.50. The highest BCUT2D eigenvalue weighted by Crippen LogP contribution is 2.23. The SMILES string of the molecule is CNc1ncc(Br)cc1S(=O)(=O)NC(C(N)=O)C(C)C. The number of aromatic nitrogens is 1. The van der Waals surface area contributed by atoms with Crippen LogP contribution in [0, 0.1) is 5.92 Å². The van der Waals surface area contributed by atoms with E-state index in [0.717, 1.165) is 0 Å². The second-order valence-corrected chi connectivity index (χ2v) is 7.09. The van der Waals surface area contributed by atoms with Crippen LogP contribution in [0.5, 0.6) is 0 Å². The summed E-state index contributed by atoms with van der Waals surface area (Å²) in [5.74, 6) is -0.800. The minimum absolute atomic E-state index is 0.0544. The molecule has 0 saturated carbocycles. The van der Waals surface area contributed by atoms with Crippen molar-refractivity contribution < 1.29 is 13.2 Å². The van der Waals surface area contributed by atoms with Gasteiger partial charge < -0.3 is 11.1 Å². The van der Waals surface area contributed by atoms with Gasteiger partial charge in [0.2, 0.25) is 15.9 Å². The van der Waals surface area contributed by atoms with Crippen molar-refractivity contribution in [2.24, 2.45) is 11.7 Å². The average molecular weight is 365 g/mol. The number of nitrogens with two attached hydrogens (primary N) is 1. The summed E-state index contributed by atoms with van der Waals surface area (Å²) in [7, 11) is -2.36. The highest BCUT2D eigenvalue weighted by molar-refractivity contribution is 9.10. The van der Waals surface area contributed by atoms with E-state index in [-0.39, 0.29) is 16.6 Å². The maximum Gasteiger partial charge on any atom is 0.245 e. The monoisotopic (exact) mass is 364 g/mol. The largest absolute Gasteiger partial charge is 0.372 e. The van der Waals surface area contributed by atoms with Gasteiger partial charge in [-0.25, -0.2) is 13.4 Å². The number of amides is 1. The molecule has 0 aliphatic rings. The Hall–Kier alpha value is -1.19. The highest BCUT2D eigenvalue weighted by Gasteiger charge is 2.28. The molecule has 112 valence electrons. The molecule has 0 spiro atoms. The van der Waals surface area contributed by atoms with E-state index in [9.17, 15) is 13.2 Å². The van der Waals surface area contributed by atoms with Crippen LogP contribution in [-0.4, -0.2) is 32.4 Å². The van der Waals surface area contributed by atoms with Crippen LogP contribution in [0.3, 0.4) is 0 Å². The number of sulfonamides is 1. The fourth-order valence-electron chi connectivity index (χ4n) is 1.57. The minimum atomic E-state index is -3.92. The van der Waals surface area contributed by atoms with Crippen molar-refractivity contribution in [2.75, 3.05) is 12.4 Å². The number of primary amides is 1. The number of nitrogens with one attached hydrogen (secondary N) is 2. The summed E-state index contributed by atoms with van der Waals surface area (Å²) >= 11 is 3.17. The van der Waals surface area contributed by atoms with Gasteiger partial charge in [-0.1, -0.05) is 13.8 Å². The lowest BCUT2D eigenvalue weighted by atomic mass is 10.1. The van der Waals surface area contributed by atoms with Gasteiger partial charge in [0.15, 0.2) is 0 Å². The maximum atomic E-state index is 12.4. The van der Waals surface area contributed by atoms with Gasteiger partial charge in [-0.05, 0) is 27.9 Å². The molecule has 1 amide bonds. The molecule has 1 unspecified atom stereocenters. The standard InChI is InChI=1S/C11H17BrN4O3S/c1-6(2)9(10(13)17)16-20(18,19)8-4-7(12)5-15-11(8)14-3/h4-6,9,16H,1-3H3,(H2,13,17)(H,14,15). The molecule has 0 saturated heterocycles. The Kier molecular flexibility index (Phi) is 5.49. The minimum Gasteiger partial charge on any atom is -0.372 e. The van der Waals surface area contributed by atoms with Crippen LogP contribution < -0.4 is 15.8 Å². The van der Waals surface area contributed by atoms with Crippen molar-refractivity contribution in [1.29, 1.82) is 0 Å². The summed E-state index contributed by atoms with van der Waals surface area (Å²) in [5, 5.41) is 2.69. The van der Waals surface area contributed by atoms with E-state index in [2.05, 4.69) is 31.0 Å². The summed E-state index contributed by atoms with van der Waals surface area (Å²) in [6, 6.07) is 0.420. The third-order valence-electron chi connectivity index (χ3n) is 2.60.